The van der Waals surface area contributed by atoms with E-state index in [9.17, 15) is 9.59 Å². The second kappa shape index (κ2) is 11.4. The third-order valence-electron chi connectivity index (χ3n) is 5.32. The van der Waals surface area contributed by atoms with Crippen LogP contribution in [0.4, 0.5) is 10.6 Å². The van der Waals surface area contributed by atoms with E-state index in [1.54, 1.807) is 10.7 Å². The molecule has 0 fully saturated rings. The van der Waals surface area contributed by atoms with Crippen molar-refractivity contribution in [1.29, 1.82) is 0 Å². The highest BCUT2D eigenvalue weighted by atomic mass is 35.5. The molecule has 7 nitrogen and oxygen atoms in total. The van der Waals surface area contributed by atoms with Gasteiger partial charge in [-0.05, 0) is 23.6 Å². The van der Waals surface area contributed by atoms with Crippen LogP contribution in [0, 0.1) is 5.92 Å². The number of hydrogen-bond donors (Lipinski definition) is 2. The summed E-state index contributed by atoms with van der Waals surface area (Å²) in [6.45, 7) is 10.9. The minimum Gasteiger partial charge on any atom is -0.334 e. The van der Waals surface area contributed by atoms with Gasteiger partial charge in [0.05, 0.1) is 16.4 Å². The Kier molecular flexibility index (Phi) is 8.57. The Labute approximate surface area is 212 Å². The number of aromatic nitrogens is 2. The molecule has 2 aromatic carbocycles. The number of hydrogen-bond acceptors (Lipinski definition) is 3. The summed E-state index contributed by atoms with van der Waals surface area (Å²) in [4.78, 5) is 27.5. The molecule has 0 saturated heterocycles. The predicted octanol–water partition coefficient (Wildman–Crippen LogP) is 5.63. The highest BCUT2D eigenvalue weighted by Crippen LogP contribution is 2.29. The summed E-state index contributed by atoms with van der Waals surface area (Å²) in [6, 6.07) is 18.6. The number of urea groups is 1. The topological polar surface area (TPSA) is 79.3 Å². The maximum absolute atomic E-state index is 13.1. The maximum Gasteiger partial charge on any atom is 0.318 e. The summed E-state index contributed by atoms with van der Waals surface area (Å²) in [7, 11) is 0. The Morgan fingerprint density at radius 3 is 2.34 bits per heavy atom. The van der Waals surface area contributed by atoms with Crippen molar-refractivity contribution < 1.29 is 9.59 Å². The first-order valence-corrected chi connectivity index (χ1v) is 12.1. The van der Waals surface area contributed by atoms with Gasteiger partial charge in [-0.2, -0.15) is 5.10 Å². The van der Waals surface area contributed by atoms with E-state index >= 15 is 0 Å². The van der Waals surface area contributed by atoms with E-state index in [1.807, 2.05) is 68.4 Å². The van der Waals surface area contributed by atoms with Crippen LogP contribution in [0.1, 0.15) is 45.9 Å². The van der Waals surface area contributed by atoms with Gasteiger partial charge >= 0.3 is 6.03 Å². The molecular weight excluding hydrogens is 462 g/mol. The molecule has 1 heterocycles. The Hall–Kier alpha value is -3.32. The molecule has 3 aromatic rings. The number of carbonyl (C=O) groups is 2. The summed E-state index contributed by atoms with van der Waals surface area (Å²) in [5.41, 5.74) is 2.24. The normalized spacial score (nSPS) is 11.4. The molecule has 3 amide bonds. The van der Waals surface area contributed by atoms with Crippen LogP contribution in [0.3, 0.4) is 0 Å². The predicted molar refractivity (Wildman–Crippen MR) is 141 cm³/mol. The summed E-state index contributed by atoms with van der Waals surface area (Å²) < 4.78 is 1.64. The van der Waals surface area contributed by atoms with Crippen molar-refractivity contribution >= 4 is 29.4 Å². The van der Waals surface area contributed by atoms with Gasteiger partial charge in [-0.15, -0.1) is 0 Å². The molecule has 8 heteroatoms. The molecule has 0 spiro atoms. The second-order valence-electron chi connectivity index (χ2n) is 9.99. The fourth-order valence-corrected chi connectivity index (χ4v) is 3.76. The van der Waals surface area contributed by atoms with Crippen LogP contribution >= 0.6 is 11.6 Å². The zero-order valence-corrected chi connectivity index (χ0v) is 21.8. The van der Waals surface area contributed by atoms with Crippen LogP contribution in [-0.4, -0.2) is 39.7 Å². The standard InChI is InChI=1S/C27H34ClN5O2/c1-19(2)17-32(26(35)29-16-20-11-7-6-8-12-20)18-25(34)30-24-15-23(27(3,4)5)31-33(24)22-14-10-9-13-21(22)28/h6-15,19H,16-18H2,1-5H3,(H,29,35)(H,30,34). The molecule has 0 aliphatic heterocycles. The lowest BCUT2D eigenvalue weighted by Gasteiger charge is -2.24. The number of nitrogens with one attached hydrogen (secondary N) is 2. The number of amides is 3. The average molecular weight is 496 g/mol. The molecule has 2 N–H and O–H groups in total. The molecule has 0 radical (unpaired) electrons. The fourth-order valence-electron chi connectivity index (χ4n) is 3.54. The summed E-state index contributed by atoms with van der Waals surface area (Å²) in [6.07, 6.45) is 0. The van der Waals surface area contributed by atoms with Gasteiger partial charge in [0.25, 0.3) is 0 Å². The van der Waals surface area contributed by atoms with E-state index < -0.39 is 0 Å². The van der Waals surface area contributed by atoms with Crippen LogP contribution in [-0.2, 0) is 16.8 Å². The van der Waals surface area contributed by atoms with E-state index in [0.29, 0.717) is 29.6 Å². The molecule has 3 rings (SSSR count). The van der Waals surface area contributed by atoms with E-state index in [1.165, 1.54) is 4.90 Å². The Morgan fingerprint density at radius 1 is 1.06 bits per heavy atom. The summed E-state index contributed by atoms with van der Waals surface area (Å²) in [5, 5.41) is 11.1. The SMILES string of the molecule is CC(C)CN(CC(=O)Nc1cc(C(C)(C)C)nn1-c1ccccc1Cl)C(=O)NCc1ccccc1. The zero-order valence-electron chi connectivity index (χ0n) is 21.0. The Morgan fingerprint density at radius 2 is 1.71 bits per heavy atom. The maximum atomic E-state index is 13.1. The lowest BCUT2D eigenvalue weighted by molar-refractivity contribution is -0.116. The largest absolute Gasteiger partial charge is 0.334 e. The molecule has 186 valence electrons. The number of nitrogens with zero attached hydrogens (tertiary/aromatic N) is 3. The molecule has 1 aromatic heterocycles. The Bertz CT molecular complexity index is 1150. The minimum absolute atomic E-state index is 0.0860. The first-order chi connectivity index (χ1) is 16.5. The van der Waals surface area contributed by atoms with Gasteiger partial charge in [-0.3, -0.25) is 4.79 Å². The smallest absolute Gasteiger partial charge is 0.318 e. The van der Waals surface area contributed by atoms with Crippen molar-refractivity contribution in [1.82, 2.24) is 20.0 Å². The molecular formula is C27H34ClN5O2. The third-order valence-corrected chi connectivity index (χ3v) is 5.64. The van der Waals surface area contributed by atoms with Crippen LogP contribution in [0.25, 0.3) is 5.69 Å². The van der Waals surface area contributed by atoms with Gasteiger partial charge in [0.1, 0.15) is 12.4 Å². The molecule has 0 saturated carbocycles. The number of benzene rings is 2. The quantitative estimate of drug-likeness (QED) is 0.425. The van der Waals surface area contributed by atoms with Crippen molar-refractivity contribution in [3.8, 4) is 5.69 Å². The van der Waals surface area contributed by atoms with Crippen molar-refractivity contribution in [3.05, 3.63) is 76.9 Å². The molecule has 0 bridgehead atoms. The molecule has 0 aliphatic carbocycles. The summed E-state index contributed by atoms with van der Waals surface area (Å²) in [5.74, 6) is 0.391. The van der Waals surface area contributed by atoms with Gasteiger partial charge in [-0.25, -0.2) is 9.48 Å². The number of rotatable bonds is 8. The fraction of sp³-hybridized carbons (Fsp3) is 0.370. The van der Waals surface area contributed by atoms with E-state index in [0.717, 1.165) is 11.3 Å². The molecule has 0 atom stereocenters. The lowest BCUT2D eigenvalue weighted by atomic mass is 9.92. The van der Waals surface area contributed by atoms with Crippen molar-refractivity contribution in [2.24, 2.45) is 5.92 Å². The molecule has 35 heavy (non-hydrogen) atoms. The van der Waals surface area contributed by atoms with E-state index in [4.69, 9.17) is 16.7 Å². The number of para-hydroxylation sites is 1. The number of carbonyl (C=O) groups excluding carboxylic acids is 2. The number of anilines is 1. The average Bonchev–Trinajstić information content (AvgIpc) is 3.21. The van der Waals surface area contributed by atoms with Crippen LogP contribution in [0.5, 0.6) is 0 Å². The molecule has 0 unspecified atom stereocenters. The Balaban J connectivity index is 1.78. The summed E-state index contributed by atoms with van der Waals surface area (Å²) >= 11 is 6.42. The van der Waals surface area contributed by atoms with Gasteiger partial charge in [0.15, 0.2) is 0 Å². The van der Waals surface area contributed by atoms with Gasteiger partial charge < -0.3 is 15.5 Å². The monoisotopic (exact) mass is 495 g/mol. The minimum atomic E-state index is -0.311. The first-order valence-electron chi connectivity index (χ1n) is 11.8. The highest BCUT2D eigenvalue weighted by Gasteiger charge is 2.24. The van der Waals surface area contributed by atoms with Crippen LogP contribution < -0.4 is 10.6 Å². The van der Waals surface area contributed by atoms with E-state index in [-0.39, 0.29) is 29.8 Å². The van der Waals surface area contributed by atoms with Crippen LogP contribution in [0.2, 0.25) is 5.02 Å². The lowest BCUT2D eigenvalue weighted by Crippen LogP contribution is -2.45. The van der Waals surface area contributed by atoms with Gasteiger partial charge in [0.2, 0.25) is 5.91 Å². The van der Waals surface area contributed by atoms with Crippen LogP contribution in [0.15, 0.2) is 60.7 Å². The molecule has 0 aliphatic rings. The first kappa shape index (κ1) is 26.3. The zero-order chi connectivity index (χ0) is 25.6. The second-order valence-corrected chi connectivity index (χ2v) is 10.4. The van der Waals surface area contributed by atoms with Crippen molar-refractivity contribution in [2.45, 2.75) is 46.6 Å². The van der Waals surface area contributed by atoms with Gasteiger partial charge in [-0.1, -0.05) is 88.7 Å². The van der Waals surface area contributed by atoms with Crippen molar-refractivity contribution in [2.75, 3.05) is 18.4 Å². The van der Waals surface area contributed by atoms with Crippen molar-refractivity contribution in [3.63, 3.8) is 0 Å². The third kappa shape index (κ3) is 7.33. The van der Waals surface area contributed by atoms with Gasteiger partial charge in [0, 0.05) is 24.6 Å². The van der Waals surface area contributed by atoms with E-state index in [2.05, 4.69) is 31.4 Å². The number of halogens is 1. The highest BCUT2D eigenvalue weighted by molar-refractivity contribution is 6.32.